The molecule has 3 aromatic rings. The Morgan fingerprint density at radius 2 is 2.03 bits per heavy atom. The number of ether oxygens (including phenoxy) is 1. The van der Waals surface area contributed by atoms with Crippen molar-refractivity contribution in [3.63, 3.8) is 0 Å². The molecular weight excluding hydrogens is 466 g/mol. The highest BCUT2D eigenvalue weighted by Gasteiger charge is 2.27. The standard InChI is InChI=1S/C25H29N5O4S/c1-4-7-19-9-6-13-30(19)21-14-17(11-12-27-21)24(31)28-25(2,3)16-34-20-10-5-8-18-15-35(32,33)29-23(26)22(18)20/h5-6,8-14H,4,7,15-16H2,1-3H3,(H2,26,29)(H,28,31). The van der Waals surface area contributed by atoms with Crippen LogP contribution in [0.2, 0.25) is 0 Å². The minimum Gasteiger partial charge on any atom is -0.490 e. The van der Waals surface area contributed by atoms with Crippen molar-refractivity contribution in [1.29, 1.82) is 0 Å². The Bertz CT molecular complexity index is 1390. The third-order valence-electron chi connectivity index (χ3n) is 5.58. The summed E-state index contributed by atoms with van der Waals surface area (Å²) in [6, 6.07) is 12.5. The first-order valence-corrected chi connectivity index (χ1v) is 13.0. The Balaban J connectivity index is 1.47. The molecular formula is C25H29N5O4S. The van der Waals surface area contributed by atoms with E-state index in [0.29, 0.717) is 28.3 Å². The van der Waals surface area contributed by atoms with E-state index in [0.717, 1.165) is 18.5 Å². The summed E-state index contributed by atoms with van der Waals surface area (Å²) in [4.78, 5) is 17.5. The van der Waals surface area contributed by atoms with E-state index in [-0.39, 0.29) is 24.1 Å². The molecule has 0 saturated carbocycles. The lowest BCUT2D eigenvalue weighted by Crippen LogP contribution is -2.48. The SMILES string of the molecule is CCCc1cccn1-c1cc(C(=O)NC(C)(C)COc2cccc3c2C(N)=NS(=O)(=O)C3)ccn1. The van der Waals surface area contributed by atoms with Gasteiger partial charge in [-0.15, -0.1) is 4.40 Å². The summed E-state index contributed by atoms with van der Waals surface area (Å²) in [5, 5.41) is 3.00. The van der Waals surface area contributed by atoms with Gasteiger partial charge in [-0.05, 0) is 56.2 Å². The summed E-state index contributed by atoms with van der Waals surface area (Å²) in [6.07, 6.45) is 5.49. The lowest BCUT2D eigenvalue weighted by atomic mass is 10.0. The number of carbonyl (C=O) groups excluding carboxylic acids is 1. The number of nitrogens with zero attached hydrogens (tertiary/aromatic N) is 3. The fraction of sp³-hybridized carbons (Fsp3) is 0.320. The van der Waals surface area contributed by atoms with Gasteiger partial charge in [0.25, 0.3) is 15.9 Å². The number of hydrogen-bond donors (Lipinski definition) is 2. The number of benzene rings is 1. The molecule has 3 N–H and O–H groups in total. The summed E-state index contributed by atoms with van der Waals surface area (Å²) in [6.45, 7) is 5.93. The zero-order valence-electron chi connectivity index (χ0n) is 20.0. The molecule has 1 aliphatic heterocycles. The molecule has 35 heavy (non-hydrogen) atoms. The molecule has 0 fully saturated rings. The van der Waals surface area contributed by atoms with Gasteiger partial charge in [-0.25, -0.2) is 13.4 Å². The van der Waals surface area contributed by atoms with Crippen LogP contribution in [0.4, 0.5) is 0 Å². The number of sulfonamides is 1. The number of amides is 1. The molecule has 0 bridgehead atoms. The molecule has 2 aromatic heterocycles. The number of nitrogens with two attached hydrogens (primary N) is 1. The van der Waals surface area contributed by atoms with Gasteiger partial charge in [0.2, 0.25) is 0 Å². The Morgan fingerprint density at radius 1 is 1.23 bits per heavy atom. The molecule has 0 atom stereocenters. The van der Waals surface area contributed by atoms with Gasteiger partial charge < -0.3 is 20.4 Å². The number of carbonyl (C=O) groups is 1. The van der Waals surface area contributed by atoms with Gasteiger partial charge in [0.05, 0.1) is 16.9 Å². The topological polar surface area (TPSA) is 129 Å². The van der Waals surface area contributed by atoms with Crippen LogP contribution in [0.25, 0.3) is 5.82 Å². The molecule has 10 heteroatoms. The fourth-order valence-corrected chi connectivity index (χ4v) is 5.09. The maximum atomic E-state index is 13.1. The van der Waals surface area contributed by atoms with Gasteiger partial charge in [0.1, 0.15) is 24.0 Å². The monoisotopic (exact) mass is 495 g/mol. The Hall–Kier alpha value is -3.66. The van der Waals surface area contributed by atoms with Crippen LogP contribution in [-0.4, -0.2) is 41.9 Å². The lowest BCUT2D eigenvalue weighted by molar-refractivity contribution is 0.0880. The number of amidine groups is 1. The summed E-state index contributed by atoms with van der Waals surface area (Å²) in [5.74, 6) is 0.518. The van der Waals surface area contributed by atoms with E-state index in [1.54, 1.807) is 36.5 Å². The third-order valence-corrected chi connectivity index (χ3v) is 6.73. The summed E-state index contributed by atoms with van der Waals surface area (Å²) >= 11 is 0. The van der Waals surface area contributed by atoms with Crippen molar-refractivity contribution in [2.75, 3.05) is 6.61 Å². The molecule has 0 aliphatic carbocycles. The third kappa shape index (κ3) is 5.54. The second-order valence-corrected chi connectivity index (χ2v) is 10.8. The first kappa shape index (κ1) is 24.5. The smallest absolute Gasteiger partial charge is 0.259 e. The molecule has 1 aliphatic rings. The van der Waals surface area contributed by atoms with Crippen LogP contribution in [-0.2, 0) is 22.2 Å². The fourth-order valence-electron chi connectivity index (χ4n) is 4.00. The average Bonchev–Trinajstić information content (AvgIpc) is 3.25. The summed E-state index contributed by atoms with van der Waals surface area (Å²) in [7, 11) is -3.63. The zero-order chi connectivity index (χ0) is 25.2. The maximum Gasteiger partial charge on any atom is 0.259 e. The molecule has 0 unspecified atom stereocenters. The predicted octanol–water partition coefficient (Wildman–Crippen LogP) is 2.96. The normalized spacial score (nSPS) is 14.7. The van der Waals surface area contributed by atoms with E-state index < -0.39 is 15.6 Å². The highest BCUT2D eigenvalue weighted by molar-refractivity contribution is 7.89. The largest absolute Gasteiger partial charge is 0.490 e. The van der Waals surface area contributed by atoms with Crippen molar-refractivity contribution < 1.29 is 17.9 Å². The van der Waals surface area contributed by atoms with Crippen LogP contribution in [0.5, 0.6) is 5.75 Å². The summed E-state index contributed by atoms with van der Waals surface area (Å²) < 4.78 is 35.4. The van der Waals surface area contributed by atoms with Gasteiger partial charge in [0.15, 0.2) is 0 Å². The molecule has 0 saturated heterocycles. The van der Waals surface area contributed by atoms with Gasteiger partial charge in [0, 0.05) is 23.7 Å². The van der Waals surface area contributed by atoms with Crippen molar-refractivity contribution in [3.8, 4) is 11.6 Å². The van der Waals surface area contributed by atoms with E-state index in [4.69, 9.17) is 10.5 Å². The van der Waals surface area contributed by atoms with Gasteiger partial charge in [-0.3, -0.25) is 4.79 Å². The Kier molecular flexibility index (Phi) is 6.66. The van der Waals surface area contributed by atoms with Crippen LogP contribution >= 0.6 is 0 Å². The highest BCUT2D eigenvalue weighted by Crippen LogP contribution is 2.28. The van der Waals surface area contributed by atoms with Crippen LogP contribution in [0.15, 0.2) is 59.3 Å². The van der Waals surface area contributed by atoms with Gasteiger partial charge >= 0.3 is 0 Å². The van der Waals surface area contributed by atoms with Crippen molar-refractivity contribution in [2.24, 2.45) is 10.1 Å². The van der Waals surface area contributed by atoms with E-state index in [2.05, 4.69) is 21.6 Å². The van der Waals surface area contributed by atoms with E-state index >= 15 is 0 Å². The van der Waals surface area contributed by atoms with Crippen LogP contribution in [0.3, 0.4) is 0 Å². The number of rotatable bonds is 8. The highest BCUT2D eigenvalue weighted by atomic mass is 32.2. The van der Waals surface area contributed by atoms with Crippen LogP contribution in [0.1, 0.15) is 54.4 Å². The van der Waals surface area contributed by atoms with Crippen LogP contribution < -0.4 is 15.8 Å². The molecule has 0 radical (unpaired) electrons. The van der Waals surface area contributed by atoms with Crippen molar-refractivity contribution >= 4 is 21.8 Å². The zero-order valence-corrected chi connectivity index (χ0v) is 20.8. The molecule has 0 spiro atoms. The van der Waals surface area contributed by atoms with Gasteiger partial charge in [-0.2, -0.15) is 0 Å². The molecule has 3 heterocycles. The first-order valence-electron chi connectivity index (χ1n) is 11.4. The number of hydrogen-bond acceptors (Lipinski definition) is 6. The Labute approximate surface area is 205 Å². The molecule has 1 amide bonds. The maximum absolute atomic E-state index is 13.1. The number of aryl methyl sites for hydroxylation is 1. The Morgan fingerprint density at radius 3 is 2.80 bits per heavy atom. The first-order chi connectivity index (χ1) is 16.6. The second-order valence-electron chi connectivity index (χ2n) is 9.14. The van der Waals surface area contributed by atoms with E-state index in [1.165, 1.54) is 0 Å². The number of pyridine rings is 1. The van der Waals surface area contributed by atoms with Crippen molar-refractivity contribution in [3.05, 3.63) is 77.2 Å². The molecule has 184 valence electrons. The second kappa shape index (κ2) is 9.53. The summed E-state index contributed by atoms with van der Waals surface area (Å²) in [5.41, 5.74) is 7.80. The number of aromatic nitrogens is 2. The minimum absolute atomic E-state index is 0.0968. The quantitative estimate of drug-likeness (QED) is 0.494. The molecule has 1 aromatic carbocycles. The predicted molar refractivity (Wildman–Crippen MR) is 134 cm³/mol. The van der Waals surface area contributed by atoms with Crippen molar-refractivity contribution in [1.82, 2.24) is 14.9 Å². The molecule has 9 nitrogen and oxygen atoms in total. The van der Waals surface area contributed by atoms with E-state index in [9.17, 15) is 13.2 Å². The number of nitrogens with one attached hydrogen (secondary N) is 1. The van der Waals surface area contributed by atoms with Crippen LogP contribution in [0, 0.1) is 0 Å². The lowest BCUT2D eigenvalue weighted by Gasteiger charge is -2.27. The number of fused-ring (bicyclic) bond motifs is 1. The van der Waals surface area contributed by atoms with Crippen molar-refractivity contribution in [2.45, 2.75) is 44.9 Å². The van der Waals surface area contributed by atoms with Gasteiger partial charge in [-0.1, -0.05) is 25.5 Å². The van der Waals surface area contributed by atoms with E-state index in [1.807, 2.05) is 36.7 Å². The minimum atomic E-state index is -3.63. The molecule has 4 rings (SSSR count). The average molecular weight is 496 g/mol.